The summed E-state index contributed by atoms with van der Waals surface area (Å²) in [5.41, 5.74) is 5.40. The monoisotopic (exact) mass is 559 g/mol. The van der Waals surface area contributed by atoms with Crippen LogP contribution in [0.5, 0.6) is 0 Å². The van der Waals surface area contributed by atoms with E-state index < -0.39 is 29.6 Å². The summed E-state index contributed by atoms with van der Waals surface area (Å²) < 4.78 is 5.50. The van der Waals surface area contributed by atoms with E-state index in [4.69, 9.17) is 33.7 Å². The van der Waals surface area contributed by atoms with E-state index in [1.807, 2.05) is 0 Å². The minimum atomic E-state index is -1.27. The molecule has 0 saturated carbocycles. The number of aromatic amines is 1. The van der Waals surface area contributed by atoms with Crippen molar-refractivity contribution in [3.05, 3.63) is 63.3 Å². The van der Waals surface area contributed by atoms with Crippen LogP contribution in [0.2, 0.25) is 10.0 Å². The molecule has 0 unspecified atom stereocenters. The highest BCUT2D eigenvalue weighted by Gasteiger charge is 2.40. The Kier molecular flexibility index (Phi) is 7.00. The average Bonchev–Trinajstić information content (AvgIpc) is 3.31. The van der Waals surface area contributed by atoms with Crippen LogP contribution in [0.4, 0.5) is 21.0 Å². The number of hydrazine groups is 1. The predicted molar refractivity (Wildman–Crippen MR) is 143 cm³/mol. The largest absolute Gasteiger partial charge is 0.477 e. The van der Waals surface area contributed by atoms with Crippen molar-refractivity contribution in [3.8, 4) is 0 Å². The normalized spacial score (nSPS) is 14.9. The number of primary amides is 1. The fourth-order valence-electron chi connectivity index (χ4n) is 3.96. The van der Waals surface area contributed by atoms with Crippen LogP contribution in [0.25, 0.3) is 17.0 Å². The number of nitrogens with one attached hydrogen (secondary N) is 2. The highest BCUT2D eigenvalue weighted by atomic mass is 35.5. The van der Waals surface area contributed by atoms with Crippen LogP contribution in [0.1, 0.15) is 36.8 Å². The molecular formula is C25H23Cl2N5O6. The lowest BCUT2D eigenvalue weighted by atomic mass is 10.1. The van der Waals surface area contributed by atoms with Crippen LogP contribution in [-0.2, 0) is 9.53 Å². The van der Waals surface area contributed by atoms with Crippen molar-refractivity contribution >= 4 is 75.6 Å². The SMILES string of the molecule is CC(C)(C)OC(=O)N1CC(=Cc2c(C(=O)O)[nH]c3cc(Cl)cc(Cl)c23)C(=O)N1c1ccc(NC(N)=O)cc1. The van der Waals surface area contributed by atoms with Crippen LogP contribution >= 0.6 is 23.2 Å². The van der Waals surface area contributed by atoms with E-state index in [0.29, 0.717) is 27.3 Å². The lowest BCUT2D eigenvalue weighted by molar-refractivity contribution is -0.115. The number of nitrogens with two attached hydrogens (primary N) is 1. The lowest BCUT2D eigenvalue weighted by Gasteiger charge is -2.30. The molecule has 13 heteroatoms. The molecule has 1 aromatic heterocycles. The van der Waals surface area contributed by atoms with Gasteiger partial charge in [0.25, 0.3) is 5.91 Å². The summed E-state index contributed by atoms with van der Waals surface area (Å²) >= 11 is 12.5. The van der Waals surface area contributed by atoms with Crippen LogP contribution in [-0.4, -0.2) is 51.2 Å². The van der Waals surface area contributed by atoms with Crippen molar-refractivity contribution < 1.29 is 29.0 Å². The van der Waals surface area contributed by atoms with Crippen molar-refractivity contribution in [2.75, 3.05) is 16.9 Å². The summed E-state index contributed by atoms with van der Waals surface area (Å²) in [7, 11) is 0. The highest BCUT2D eigenvalue weighted by molar-refractivity contribution is 6.39. The number of fused-ring (bicyclic) bond motifs is 1. The molecular weight excluding hydrogens is 537 g/mol. The van der Waals surface area contributed by atoms with Gasteiger partial charge in [-0.3, -0.25) is 4.79 Å². The number of H-pyrrole nitrogens is 1. The number of amides is 4. The molecule has 1 aliphatic rings. The van der Waals surface area contributed by atoms with Gasteiger partial charge in [-0.15, -0.1) is 0 Å². The molecule has 2 heterocycles. The summed E-state index contributed by atoms with van der Waals surface area (Å²) in [6, 6.07) is 8.26. The number of nitrogens with zero attached hydrogens (tertiary/aromatic N) is 2. The molecule has 0 aliphatic carbocycles. The number of aromatic carboxylic acids is 1. The van der Waals surface area contributed by atoms with Crippen molar-refractivity contribution in [2.24, 2.45) is 5.73 Å². The molecule has 0 radical (unpaired) electrons. The molecule has 0 atom stereocenters. The van der Waals surface area contributed by atoms with Gasteiger partial charge in [0, 0.05) is 32.7 Å². The fraction of sp³-hybridized carbons (Fsp3) is 0.200. The molecule has 1 aliphatic heterocycles. The quantitative estimate of drug-likeness (QED) is 0.319. The van der Waals surface area contributed by atoms with E-state index in [-0.39, 0.29) is 28.4 Å². The van der Waals surface area contributed by atoms with E-state index in [0.717, 1.165) is 10.0 Å². The first kappa shape index (κ1) is 26.8. The van der Waals surface area contributed by atoms with Gasteiger partial charge < -0.3 is 25.9 Å². The maximum absolute atomic E-state index is 13.6. The maximum Gasteiger partial charge on any atom is 0.430 e. The van der Waals surface area contributed by atoms with Gasteiger partial charge in [-0.1, -0.05) is 23.2 Å². The van der Waals surface area contributed by atoms with E-state index >= 15 is 0 Å². The Morgan fingerprint density at radius 2 is 1.82 bits per heavy atom. The third kappa shape index (κ3) is 5.38. The predicted octanol–water partition coefficient (Wildman–Crippen LogP) is 5.25. The van der Waals surface area contributed by atoms with Gasteiger partial charge in [-0.2, -0.15) is 0 Å². The van der Waals surface area contributed by atoms with Crippen molar-refractivity contribution in [3.63, 3.8) is 0 Å². The number of carboxylic acids is 1. The first-order valence-corrected chi connectivity index (χ1v) is 12.0. The summed E-state index contributed by atoms with van der Waals surface area (Å²) in [4.78, 5) is 52.7. The second kappa shape index (κ2) is 9.92. The van der Waals surface area contributed by atoms with Gasteiger partial charge in [-0.25, -0.2) is 24.4 Å². The minimum Gasteiger partial charge on any atom is -0.477 e. The van der Waals surface area contributed by atoms with Gasteiger partial charge in [0.05, 0.1) is 17.3 Å². The summed E-state index contributed by atoms with van der Waals surface area (Å²) in [5.74, 6) is -1.87. The number of urea groups is 1. The Balaban J connectivity index is 1.82. The molecule has 1 saturated heterocycles. The van der Waals surface area contributed by atoms with Crippen molar-refractivity contribution in [2.45, 2.75) is 26.4 Å². The minimum absolute atomic E-state index is 0.101. The Hall–Kier alpha value is -4.22. The molecule has 0 bridgehead atoms. The molecule has 11 nitrogen and oxygen atoms in total. The zero-order chi connectivity index (χ0) is 27.9. The van der Waals surface area contributed by atoms with Gasteiger partial charge in [0.2, 0.25) is 0 Å². The number of carboxylic acid groups (broad SMARTS) is 1. The number of benzene rings is 2. The Morgan fingerprint density at radius 1 is 1.16 bits per heavy atom. The topological polar surface area (TPSA) is 158 Å². The number of aromatic nitrogens is 1. The average molecular weight is 560 g/mol. The summed E-state index contributed by atoms with van der Waals surface area (Å²) in [6.07, 6.45) is 0.584. The maximum atomic E-state index is 13.6. The van der Waals surface area contributed by atoms with Gasteiger partial charge >= 0.3 is 18.1 Å². The van der Waals surface area contributed by atoms with Gasteiger partial charge in [-0.05, 0) is 63.2 Å². The number of halogens is 2. The number of hydrogen-bond acceptors (Lipinski definition) is 5. The lowest BCUT2D eigenvalue weighted by Crippen LogP contribution is -2.45. The number of hydrogen-bond donors (Lipinski definition) is 4. The second-order valence-electron chi connectivity index (χ2n) is 9.39. The number of carbonyl (C=O) groups excluding carboxylic acids is 3. The second-order valence-corrected chi connectivity index (χ2v) is 10.2. The number of ether oxygens (including phenoxy) is 1. The number of rotatable bonds is 4. The molecule has 4 rings (SSSR count). The fourth-order valence-corrected chi connectivity index (χ4v) is 4.55. The van der Waals surface area contributed by atoms with Crippen LogP contribution in [0, 0.1) is 0 Å². The van der Waals surface area contributed by atoms with Crippen molar-refractivity contribution in [1.29, 1.82) is 0 Å². The molecule has 4 amide bonds. The molecule has 3 aromatic rings. The smallest absolute Gasteiger partial charge is 0.430 e. The van der Waals surface area contributed by atoms with Gasteiger partial charge in [0.15, 0.2) is 0 Å². The first-order valence-electron chi connectivity index (χ1n) is 11.2. The Morgan fingerprint density at radius 3 is 2.39 bits per heavy atom. The molecule has 2 aromatic carbocycles. The Bertz CT molecular complexity index is 1510. The zero-order valence-corrected chi connectivity index (χ0v) is 22.0. The third-order valence-corrected chi connectivity index (χ3v) is 5.91. The van der Waals surface area contributed by atoms with E-state index in [1.54, 1.807) is 20.8 Å². The van der Waals surface area contributed by atoms with Gasteiger partial charge in [0.1, 0.15) is 11.3 Å². The summed E-state index contributed by atoms with van der Waals surface area (Å²) in [6.45, 7) is 4.84. The third-order valence-electron chi connectivity index (χ3n) is 5.40. The van der Waals surface area contributed by atoms with Crippen LogP contribution < -0.4 is 16.1 Å². The van der Waals surface area contributed by atoms with E-state index in [2.05, 4.69) is 10.3 Å². The molecule has 38 heavy (non-hydrogen) atoms. The number of anilines is 2. The molecule has 1 fully saturated rings. The van der Waals surface area contributed by atoms with Crippen molar-refractivity contribution in [1.82, 2.24) is 9.99 Å². The van der Waals surface area contributed by atoms with Crippen LogP contribution in [0.3, 0.4) is 0 Å². The molecule has 5 N–H and O–H groups in total. The molecule has 0 spiro atoms. The van der Waals surface area contributed by atoms with Crippen LogP contribution in [0.15, 0.2) is 42.0 Å². The zero-order valence-electron chi connectivity index (χ0n) is 20.5. The first-order chi connectivity index (χ1) is 17.7. The summed E-state index contributed by atoms with van der Waals surface area (Å²) in [5, 5.41) is 15.3. The number of carbonyl (C=O) groups is 4. The van der Waals surface area contributed by atoms with E-state index in [9.17, 15) is 24.3 Å². The Labute approximate surface area is 226 Å². The molecule has 198 valence electrons. The van der Waals surface area contributed by atoms with E-state index in [1.165, 1.54) is 42.5 Å². The standard InChI is InChI=1S/C25H23Cl2N5O6/c1-25(2,3)38-24(37)31-11-12(21(33)32(31)15-6-4-14(5-7-15)29-23(28)36)8-16-19-17(27)9-13(26)10-18(19)30-20(16)22(34)35/h4-10,30H,11H2,1-3H3,(H,34,35)(H3,28,29,36). The highest BCUT2D eigenvalue weighted by Crippen LogP contribution is 2.36.